The fourth-order valence-electron chi connectivity index (χ4n) is 0.650. The van der Waals surface area contributed by atoms with Gasteiger partial charge >= 0.3 is 0 Å². The summed E-state index contributed by atoms with van der Waals surface area (Å²) < 4.78 is 0. The van der Waals surface area contributed by atoms with Crippen molar-refractivity contribution in [3.8, 4) is 6.07 Å². The van der Waals surface area contributed by atoms with E-state index in [1.807, 2.05) is 0 Å². The summed E-state index contributed by atoms with van der Waals surface area (Å²) in [5, 5.41) is 8.66. The van der Waals surface area contributed by atoms with Crippen molar-refractivity contribution < 1.29 is 0 Å². The molecule has 1 heterocycles. The maximum absolute atomic E-state index is 8.66. The van der Waals surface area contributed by atoms with Crippen LogP contribution < -0.4 is 5.73 Å². The van der Waals surface area contributed by atoms with Crippen LogP contribution in [0.25, 0.3) is 0 Å². The van der Waals surface area contributed by atoms with Crippen molar-refractivity contribution in [3.05, 3.63) is 11.3 Å². The topological polar surface area (TPSA) is 49.8 Å². The molecule has 0 amide bonds. The van der Waals surface area contributed by atoms with Gasteiger partial charge in [0.2, 0.25) is 0 Å². The lowest BCUT2D eigenvalue weighted by Crippen LogP contribution is -2.05. The van der Waals surface area contributed by atoms with Gasteiger partial charge in [-0.3, -0.25) is 0 Å². The summed E-state index contributed by atoms with van der Waals surface area (Å²) in [5.41, 5.74) is 7.20. The lowest BCUT2D eigenvalue weighted by atomic mass is 10.2. The van der Waals surface area contributed by atoms with E-state index in [-0.39, 0.29) is 0 Å². The molecule has 2 N–H and O–H groups in total. The summed E-state index contributed by atoms with van der Waals surface area (Å²) in [6.07, 6.45) is 0.848. The number of hydrogen-bond acceptors (Lipinski definition) is 5. The largest absolute Gasteiger partial charge is 0.401 e. The van der Waals surface area contributed by atoms with Crippen LogP contribution in [0.4, 0.5) is 0 Å². The van der Waals surface area contributed by atoms with Crippen molar-refractivity contribution in [1.82, 2.24) is 0 Å². The van der Waals surface area contributed by atoms with Crippen molar-refractivity contribution in [2.45, 2.75) is 6.42 Å². The van der Waals surface area contributed by atoms with Gasteiger partial charge in [0, 0.05) is 17.2 Å². The SMILES string of the molecule is N#CC1=C(N)CCSSSC1. The van der Waals surface area contributed by atoms with E-state index in [0.29, 0.717) is 0 Å². The Morgan fingerprint density at radius 1 is 1.45 bits per heavy atom. The molecule has 0 bridgehead atoms. The first kappa shape index (κ1) is 9.17. The van der Waals surface area contributed by atoms with Gasteiger partial charge in [-0.25, -0.2) is 0 Å². The molecule has 0 aliphatic carbocycles. The molecule has 0 aromatic rings. The van der Waals surface area contributed by atoms with E-state index < -0.39 is 0 Å². The third kappa shape index (κ3) is 2.89. The number of nitrogens with zero attached hydrogens (tertiary/aromatic N) is 1. The van der Waals surface area contributed by atoms with Gasteiger partial charge in [-0.05, 0) is 16.2 Å². The Morgan fingerprint density at radius 2 is 2.27 bits per heavy atom. The van der Waals surface area contributed by atoms with E-state index in [0.717, 1.165) is 29.2 Å². The highest BCUT2D eigenvalue weighted by molar-refractivity contribution is 9.09. The predicted octanol–water partition coefficient (Wildman–Crippen LogP) is 2.16. The van der Waals surface area contributed by atoms with Crippen LogP contribution in [0.3, 0.4) is 0 Å². The van der Waals surface area contributed by atoms with Crippen LogP contribution >= 0.6 is 31.4 Å². The average molecular weight is 204 g/mol. The zero-order valence-corrected chi connectivity index (χ0v) is 8.32. The first-order chi connectivity index (χ1) is 5.34. The Kier molecular flexibility index (Phi) is 4.05. The smallest absolute Gasteiger partial charge is 0.0974 e. The molecule has 0 radical (unpaired) electrons. The number of rotatable bonds is 0. The molecule has 0 saturated heterocycles. The van der Waals surface area contributed by atoms with E-state index in [1.54, 1.807) is 31.4 Å². The highest BCUT2D eigenvalue weighted by Crippen LogP contribution is 2.38. The molecule has 0 fully saturated rings. The van der Waals surface area contributed by atoms with Crippen LogP contribution in [0.2, 0.25) is 0 Å². The Labute approximate surface area is 77.8 Å². The summed E-state index contributed by atoms with van der Waals surface area (Å²) in [6.45, 7) is 0. The van der Waals surface area contributed by atoms with E-state index in [9.17, 15) is 0 Å². The molecule has 1 aliphatic rings. The maximum Gasteiger partial charge on any atom is 0.0974 e. The zero-order valence-electron chi connectivity index (χ0n) is 5.87. The first-order valence-corrected chi connectivity index (χ1v) is 6.95. The second-order valence-corrected chi connectivity index (χ2v) is 6.37. The molecule has 2 nitrogen and oxygen atoms in total. The van der Waals surface area contributed by atoms with E-state index in [4.69, 9.17) is 11.0 Å². The van der Waals surface area contributed by atoms with Crippen LogP contribution in [0.15, 0.2) is 11.3 Å². The second kappa shape index (κ2) is 4.86. The van der Waals surface area contributed by atoms with Gasteiger partial charge in [0.25, 0.3) is 0 Å². The molecule has 0 spiro atoms. The minimum absolute atomic E-state index is 0.750. The molecule has 0 saturated carbocycles. The Hall–Kier alpha value is 0.0800. The van der Waals surface area contributed by atoms with Crippen LogP contribution in [0.1, 0.15) is 6.42 Å². The fraction of sp³-hybridized carbons (Fsp3) is 0.500. The minimum Gasteiger partial charge on any atom is -0.401 e. The predicted molar refractivity (Wildman–Crippen MR) is 54.0 cm³/mol. The van der Waals surface area contributed by atoms with Crippen molar-refractivity contribution in [3.63, 3.8) is 0 Å². The average Bonchev–Trinajstić information content (AvgIpc) is 1.98. The third-order valence-electron chi connectivity index (χ3n) is 1.28. The molecular formula is C6H8N2S3. The quantitative estimate of drug-likeness (QED) is 0.613. The maximum atomic E-state index is 8.66. The molecule has 1 aliphatic heterocycles. The highest BCUT2D eigenvalue weighted by atomic mass is 33.5. The van der Waals surface area contributed by atoms with Crippen LogP contribution in [-0.2, 0) is 0 Å². The van der Waals surface area contributed by atoms with Gasteiger partial charge in [0.15, 0.2) is 0 Å². The molecule has 0 unspecified atom stereocenters. The Bertz CT molecular complexity index is 206. The number of hydrogen-bond donors (Lipinski definition) is 1. The molecule has 60 valence electrons. The number of nitriles is 1. The molecule has 5 heteroatoms. The van der Waals surface area contributed by atoms with Gasteiger partial charge in [-0.2, -0.15) is 5.26 Å². The molecule has 0 atom stereocenters. The number of nitrogens with two attached hydrogens (primary N) is 1. The second-order valence-electron chi connectivity index (χ2n) is 2.02. The molecule has 1 rings (SSSR count). The lowest BCUT2D eigenvalue weighted by Gasteiger charge is -2.08. The van der Waals surface area contributed by atoms with Crippen molar-refractivity contribution in [2.75, 3.05) is 11.5 Å². The molecule has 0 aromatic heterocycles. The third-order valence-corrected chi connectivity index (χ3v) is 5.41. The lowest BCUT2D eigenvalue weighted by molar-refractivity contribution is 1.06. The van der Waals surface area contributed by atoms with Crippen LogP contribution in [0, 0.1) is 11.3 Å². The Morgan fingerprint density at radius 3 is 3.00 bits per heavy atom. The van der Waals surface area contributed by atoms with Gasteiger partial charge in [-0.15, -0.1) is 0 Å². The standard InChI is InChI=1S/C6H8N2S3/c7-3-5-4-10-11-9-2-1-6(5)8/h1-2,4,8H2. The fourth-order valence-corrected chi connectivity index (χ4v) is 4.32. The normalized spacial score (nSPS) is 20.3. The first-order valence-electron chi connectivity index (χ1n) is 3.13. The van der Waals surface area contributed by atoms with E-state index in [1.165, 1.54) is 0 Å². The highest BCUT2D eigenvalue weighted by Gasteiger charge is 2.07. The van der Waals surface area contributed by atoms with Crippen LogP contribution in [0.5, 0.6) is 0 Å². The van der Waals surface area contributed by atoms with E-state index >= 15 is 0 Å². The van der Waals surface area contributed by atoms with Gasteiger partial charge < -0.3 is 5.73 Å². The summed E-state index contributed by atoms with van der Waals surface area (Å²) in [5.74, 6) is 1.76. The van der Waals surface area contributed by atoms with Crippen LogP contribution in [-0.4, -0.2) is 11.5 Å². The van der Waals surface area contributed by atoms with Crippen molar-refractivity contribution >= 4 is 31.4 Å². The van der Waals surface area contributed by atoms with Gasteiger partial charge in [-0.1, -0.05) is 21.6 Å². The van der Waals surface area contributed by atoms with E-state index in [2.05, 4.69) is 6.07 Å². The molecule has 11 heavy (non-hydrogen) atoms. The minimum atomic E-state index is 0.750. The zero-order chi connectivity index (χ0) is 8.10. The number of allylic oxidation sites excluding steroid dienone is 1. The molecule has 0 aromatic carbocycles. The van der Waals surface area contributed by atoms with Gasteiger partial charge in [0.05, 0.1) is 11.6 Å². The van der Waals surface area contributed by atoms with Crippen molar-refractivity contribution in [1.29, 1.82) is 5.26 Å². The van der Waals surface area contributed by atoms with Crippen molar-refractivity contribution in [2.24, 2.45) is 5.73 Å². The summed E-state index contributed by atoms with van der Waals surface area (Å²) in [6, 6.07) is 2.13. The Balaban J connectivity index is 2.65. The monoisotopic (exact) mass is 204 g/mol. The summed E-state index contributed by atoms with van der Waals surface area (Å²) in [7, 11) is 5.23. The summed E-state index contributed by atoms with van der Waals surface area (Å²) in [4.78, 5) is 0. The summed E-state index contributed by atoms with van der Waals surface area (Å²) >= 11 is 0. The molecular weight excluding hydrogens is 196 g/mol. The van der Waals surface area contributed by atoms with Gasteiger partial charge in [0.1, 0.15) is 0 Å².